The first-order valence-corrected chi connectivity index (χ1v) is 6.96. The van der Waals surface area contributed by atoms with Gasteiger partial charge >= 0.3 is 0 Å². The summed E-state index contributed by atoms with van der Waals surface area (Å²) in [5, 5.41) is 9.75. The molecule has 2 nitrogen and oxygen atoms in total. The van der Waals surface area contributed by atoms with Gasteiger partial charge in [0.1, 0.15) is 0 Å². The molecule has 0 aromatic heterocycles. The highest BCUT2D eigenvalue weighted by molar-refractivity contribution is 5.33. The Morgan fingerprint density at radius 2 is 2.06 bits per heavy atom. The third kappa shape index (κ3) is 2.12. The van der Waals surface area contributed by atoms with Gasteiger partial charge in [0, 0.05) is 18.2 Å². The Hall–Kier alpha value is -1.09. The van der Waals surface area contributed by atoms with Crippen molar-refractivity contribution in [3.63, 3.8) is 0 Å². The van der Waals surface area contributed by atoms with Crippen LogP contribution < -0.4 is 0 Å². The van der Waals surface area contributed by atoms with E-state index < -0.39 is 5.82 Å². The number of phenolic OH excluding ortho intramolecular Hbond substituents is 1. The number of phenols is 1. The summed E-state index contributed by atoms with van der Waals surface area (Å²) in [4.78, 5) is 2.43. The standard InChI is InChI=1S/C15H20FNO/c16-13-6-3-5-12(15(13)18)10-17-9-8-11-4-1-2-7-14(11)17/h3,5-6,11,14,18H,1-2,4,7-10H2. The summed E-state index contributed by atoms with van der Waals surface area (Å²) in [7, 11) is 0. The Balaban J connectivity index is 1.74. The summed E-state index contributed by atoms with van der Waals surface area (Å²) >= 11 is 0. The summed E-state index contributed by atoms with van der Waals surface area (Å²) in [5.41, 5.74) is 0.723. The lowest BCUT2D eigenvalue weighted by Crippen LogP contribution is -2.34. The number of hydrogen-bond donors (Lipinski definition) is 1. The van der Waals surface area contributed by atoms with E-state index in [-0.39, 0.29) is 5.75 Å². The first kappa shape index (κ1) is 12.0. The highest BCUT2D eigenvalue weighted by atomic mass is 19.1. The number of nitrogens with zero attached hydrogens (tertiary/aromatic N) is 1. The van der Waals surface area contributed by atoms with Gasteiger partial charge in [0.15, 0.2) is 11.6 Å². The Kier molecular flexibility index (Phi) is 3.25. The molecule has 1 aromatic carbocycles. The summed E-state index contributed by atoms with van der Waals surface area (Å²) in [6.07, 6.45) is 6.55. The number of para-hydroxylation sites is 1. The smallest absolute Gasteiger partial charge is 0.165 e. The molecule has 2 atom stereocenters. The lowest BCUT2D eigenvalue weighted by atomic mass is 9.85. The number of halogens is 1. The minimum absolute atomic E-state index is 0.170. The monoisotopic (exact) mass is 249 g/mol. The van der Waals surface area contributed by atoms with E-state index in [1.807, 2.05) is 6.07 Å². The first-order valence-electron chi connectivity index (χ1n) is 6.96. The van der Waals surface area contributed by atoms with Gasteiger partial charge in [-0.05, 0) is 37.8 Å². The number of rotatable bonds is 2. The van der Waals surface area contributed by atoms with E-state index >= 15 is 0 Å². The Morgan fingerprint density at radius 1 is 1.22 bits per heavy atom. The highest BCUT2D eigenvalue weighted by Gasteiger charge is 2.35. The number of fused-ring (bicyclic) bond motifs is 1. The van der Waals surface area contributed by atoms with E-state index in [0.29, 0.717) is 12.6 Å². The second-order valence-corrected chi connectivity index (χ2v) is 5.62. The van der Waals surface area contributed by atoms with Gasteiger partial charge in [-0.25, -0.2) is 4.39 Å². The molecule has 3 heteroatoms. The van der Waals surface area contributed by atoms with Crippen LogP contribution in [-0.4, -0.2) is 22.6 Å². The molecule has 98 valence electrons. The van der Waals surface area contributed by atoms with E-state index in [1.165, 1.54) is 38.2 Å². The first-order chi connectivity index (χ1) is 8.75. The number of aromatic hydroxyl groups is 1. The largest absolute Gasteiger partial charge is 0.505 e. The fraction of sp³-hybridized carbons (Fsp3) is 0.600. The van der Waals surface area contributed by atoms with Crippen molar-refractivity contribution in [3.05, 3.63) is 29.6 Å². The number of hydrogen-bond acceptors (Lipinski definition) is 2. The maximum Gasteiger partial charge on any atom is 0.165 e. The van der Waals surface area contributed by atoms with Crippen LogP contribution in [0.25, 0.3) is 0 Å². The van der Waals surface area contributed by atoms with Crippen LogP contribution in [0.3, 0.4) is 0 Å². The van der Waals surface area contributed by atoms with Crippen LogP contribution in [0.4, 0.5) is 4.39 Å². The zero-order valence-electron chi connectivity index (χ0n) is 10.6. The van der Waals surface area contributed by atoms with E-state index in [4.69, 9.17) is 0 Å². The topological polar surface area (TPSA) is 23.5 Å². The molecule has 2 fully saturated rings. The van der Waals surface area contributed by atoms with Gasteiger partial charge in [-0.15, -0.1) is 0 Å². The van der Waals surface area contributed by atoms with Gasteiger partial charge in [0.05, 0.1) is 0 Å². The van der Waals surface area contributed by atoms with E-state index in [2.05, 4.69) is 4.90 Å². The molecule has 18 heavy (non-hydrogen) atoms. The van der Waals surface area contributed by atoms with Crippen LogP contribution in [0.1, 0.15) is 37.7 Å². The van der Waals surface area contributed by atoms with Gasteiger partial charge in [0.2, 0.25) is 0 Å². The number of likely N-dealkylation sites (tertiary alicyclic amines) is 1. The van der Waals surface area contributed by atoms with Crippen LogP contribution in [0.2, 0.25) is 0 Å². The van der Waals surface area contributed by atoms with Crippen molar-refractivity contribution in [1.82, 2.24) is 4.90 Å². The minimum Gasteiger partial charge on any atom is -0.505 e. The van der Waals surface area contributed by atoms with E-state index in [1.54, 1.807) is 6.07 Å². The van der Waals surface area contributed by atoms with Crippen molar-refractivity contribution in [2.45, 2.75) is 44.7 Å². The third-order valence-electron chi connectivity index (χ3n) is 4.57. The van der Waals surface area contributed by atoms with E-state index in [0.717, 1.165) is 18.0 Å². The normalized spacial score (nSPS) is 28.3. The average Bonchev–Trinajstić information content (AvgIpc) is 2.79. The minimum atomic E-state index is -0.508. The van der Waals surface area contributed by atoms with Gasteiger partial charge in [-0.3, -0.25) is 4.90 Å². The molecular formula is C15H20FNO. The molecule has 3 rings (SSSR count). The molecule has 0 amide bonds. The molecule has 1 saturated heterocycles. The van der Waals surface area contributed by atoms with Crippen LogP contribution in [-0.2, 0) is 6.54 Å². The number of benzene rings is 1. The summed E-state index contributed by atoms with van der Waals surface area (Å²) in [5.74, 6) is 0.151. The molecule has 2 aliphatic rings. The molecule has 1 aliphatic carbocycles. The lowest BCUT2D eigenvalue weighted by Gasteiger charge is -2.31. The molecule has 1 saturated carbocycles. The average molecular weight is 249 g/mol. The molecule has 1 N–H and O–H groups in total. The maximum absolute atomic E-state index is 13.3. The van der Waals surface area contributed by atoms with Crippen molar-refractivity contribution < 1.29 is 9.50 Å². The van der Waals surface area contributed by atoms with Crippen molar-refractivity contribution in [3.8, 4) is 5.75 Å². The predicted octanol–water partition coefficient (Wildman–Crippen LogP) is 3.30. The van der Waals surface area contributed by atoms with Crippen molar-refractivity contribution in [2.75, 3.05) is 6.54 Å². The van der Waals surface area contributed by atoms with Gasteiger partial charge < -0.3 is 5.11 Å². The zero-order valence-corrected chi connectivity index (χ0v) is 10.6. The molecule has 0 bridgehead atoms. The van der Waals surface area contributed by atoms with Gasteiger partial charge in [0.25, 0.3) is 0 Å². The van der Waals surface area contributed by atoms with Crippen molar-refractivity contribution >= 4 is 0 Å². The lowest BCUT2D eigenvalue weighted by molar-refractivity contribution is 0.174. The highest BCUT2D eigenvalue weighted by Crippen LogP contribution is 2.37. The molecular weight excluding hydrogens is 229 g/mol. The van der Waals surface area contributed by atoms with Crippen molar-refractivity contribution in [2.24, 2.45) is 5.92 Å². The third-order valence-corrected chi connectivity index (χ3v) is 4.57. The van der Waals surface area contributed by atoms with Gasteiger partial charge in [-0.1, -0.05) is 25.0 Å². The molecule has 2 unspecified atom stereocenters. The van der Waals surface area contributed by atoms with Crippen LogP contribution in [0.5, 0.6) is 5.75 Å². The predicted molar refractivity (Wildman–Crippen MR) is 68.8 cm³/mol. The molecule has 0 radical (unpaired) electrons. The second kappa shape index (κ2) is 4.88. The van der Waals surface area contributed by atoms with Crippen LogP contribution in [0.15, 0.2) is 18.2 Å². The molecule has 1 aromatic rings. The van der Waals surface area contributed by atoms with Gasteiger partial charge in [-0.2, -0.15) is 0 Å². The summed E-state index contributed by atoms with van der Waals surface area (Å²) in [6.45, 7) is 1.77. The Bertz CT molecular complexity index is 435. The Morgan fingerprint density at radius 3 is 2.94 bits per heavy atom. The molecule has 1 aliphatic heterocycles. The summed E-state index contributed by atoms with van der Waals surface area (Å²) < 4.78 is 13.3. The fourth-order valence-corrected chi connectivity index (χ4v) is 3.61. The molecule has 0 spiro atoms. The van der Waals surface area contributed by atoms with Crippen molar-refractivity contribution in [1.29, 1.82) is 0 Å². The summed E-state index contributed by atoms with van der Waals surface area (Å²) in [6, 6.07) is 5.47. The Labute approximate surface area is 107 Å². The van der Waals surface area contributed by atoms with E-state index in [9.17, 15) is 9.50 Å². The maximum atomic E-state index is 13.3. The van der Waals surface area contributed by atoms with Crippen LogP contribution >= 0.6 is 0 Å². The zero-order chi connectivity index (χ0) is 12.5. The fourth-order valence-electron chi connectivity index (χ4n) is 3.61. The second-order valence-electron chi connectivity index (χ2n) is 5.62. The quantitative estimate of drug-likeness (QED) is 0.869. The molecule has 1 heterocycles. The SMILES string of the molecule is Oc1c(F)cccc1CN1CCC2CCCCC21. The van der Waals surface area contributed by atoms with Crippen LogP contribution in [0, 0.1) is 11.7 Å².